The van der Waals surface area contributed by atoms with Crippen LogP contribution in [-0.4, -0.2) is 34.0 Å². The number of nitrogens with zero attached hydrogens (tertiary/aromatic N) is 1. The predicted octanol–water partition coefficient (Wildman–Crippen LogP) is 2.77. The van der Waals surface area contributed by atoms with Gasteiger partial charge in [-0.25, -0.2) is 9.69 Å². The molecule has 1 saturated heterocycles. The highest BCUT2D eigenvalue weighted by molar-refractivity contribution is 8.00. The van der Waals surface area contributed by atoms with Crippen molar-refractivity contribution >= 4 is 46.8 Å². The zero-order valence-electron chi connectivity index (χ0n) is 14.3. The first-order valence-corrected chi connectivity index (χ1v) is 8.98. The van der Waals surface area contributed by atoms with Gasteiger partial charge in [-0.3, -0.25) is 14.4 Å². The number of imide groups is 1. The van der Waals surface area contributed by atoms with Crippen molar-refractivity contribution in [1.29, 1.82) is 0 Å². The Morgan fingerprint density at radius 2 is 1.78 bits per heavy atom. The van der Waals surface area contributed by atoms with Gasteiger partial charge in [0.25, 0.3) is 0 Å². The second-order valence-corrected chi connectivity index (χ2v) is 7.15. The standard InChI is InChI=1S/C19H16N2O5S/c1-11(22)20-12-6-8-13(9-7-12)21-17(23)10-16(18(21)24)27-15-5-3-2-4-14(15)19(25)26/h2-9,16H,10H2,1H3,(H,20,22)(H,25,26)/t16-/m0/s1. The van der Waals surface area contributed by atoms with Crippen molar-refractivity contribution in [2.45, 2.75) is 23.5 Å². The van der Waals surface area contributed by atoms with E-state index in [1.165, 1.54) is 13.0 Å². The third-order valence-electron chi connectivity index (χ3n) is 3.94. The molecular formula is C19H16N2O5S. The maximum absolute atomic E-state index is 12.7. The van der Waals surface area contributed by atoms with Crippen LogP contribution in [-0.2, 0) is 14.4 Å². The monoisotopic (exact) mass is 384 g/mol. The van der Waals surface area contributed by atoms with Crippen LogP contribution in [0.25, 0.3) is 0 Å². The van der Waals surface area contributed by atoms with Crippen LogP contribution in [0.4, 0.5) is 11.4 Å². The number of hydrogen-bond acceptors (Lipinski definition) is 5. The van der Waals surface area contributed by atoms with E-state index in [0.29, 0.717) is 16.3 Å². The van der Waals surface area contributed by atoms with Gasteiger partial charge in [0.05, 0.1) is 16.5 Å². The average molecular weight is 384 g/mol. The third-order valence-corrected chi connectivity index (χ3v) is 5.20. The number of carboxylic acids is 1. The van der Waals surface area contributed by atoms with Gasteiger partial charge >= 0.3 is 5.97 Å². The summed E-state index contributed by atoms with van der Waals surface area (Å²) < 4.78 is 0. The molecule has 1 aliphatic heterocycles. The molecule has 0 spiro atoms. The first-order chi connectivity index (χ1) is 12.9. The molecule has 0 unspecified atom stereocenters. The fourth-order valence-corrected chi connectivity index (χ4v) is 3.94. The molecule has 0 radical (unpaired) electrons. The number of aromatic carboxylic acids is 1. The molecule has 0 aromatic heterocycles. The second kappa shape index (κ2) is 7.63. The Balaban J connectivity index is 1.79. The molecule has 1 atom stereocenters. The van der Waals surface area contributed by atoms with Crippen LogP contribution in [0.2, 0.25) is 0 Å². The van der Waals surface area contributed by atoms with Crippen LogP contribution in [0.3, 0.4) is 0 Å². The van der Waals surface area contributed by atoms with E-state index in [2.05, 4.69) is 5.32 Å². The van der Waals surface area contributed by atoms with E-state index >= 15 is 0 Å². The lowest BCUT2D eigenvalue weighted by molar-refractivity contribution is -0.121. The van der Waals surface area contributed by atoms with Gasteiger partial charge < -0.3 is 10.4 Å². The summed E-state index contributed by atoms with van der Waals surface area (Å²) in [4.78, 5) is 49.1. The van der Waals surface area contributed by atoms with Gasteiger partial charge in [0.1, 0.15) is 0 Å². The zero-order chi connectivity index (χ0) is 19.6. The number of anilines is 2. The van der Waals surface area contributed by atoms with Crippen LogP contribution in [0.15, 0.2) is 53.4 Å². The Morgan fingerprint density at radius 3 is 2.41 bits per heavy atom. The van der Waals surface area contributed by atoms with Crippen molar-refractivity contribution in [3.8, 4) is 0 Å². The SMILES string of the molecule is CC(=O)Nc1ccc(N2C(=O)C[C@H](Sc3ccccc3C(=O)O)C2=O)cc1. The minimum Gasteiger partial charge on any atom is -0.478 e. The van der Waals surface area contributed by atoms with E-state index in [1.807, 2.05) is 0 Å². The van der Waals surface area contributed by atoms with E-state index in [9.17, 15) is 24.3 Å². The van der Waals surface area contributed by atoms with E-state index in [-0.39, 0.29) is 23.8 Å². The predicted molar refractivity (Wildman–Crippen MR) is 101 cm³/mol. The van der Waals surface area contributed by atoms with Crippen molar-refractivity contribution in [1.82, 2.24) is 0 Å². The van der Waals surface area contributed by atoms with Crippen LogP contribution in [0.5, 0.6) is 0 Å². The van der Waals surface area contributed by atoms with Crippen LogP contribution >= 0.6 is 11.8 Å². The summed E-state index contributed by atoms with van der Waals surface area (Å²) in [5, 5.41) is 11.2. The van der Waals surface area contributed by atoms with Crippen molar-refractivity contribution in [2.24, 2.45) is 0 Å². The lowest BCUT2D eigenvalue weighted by Gasteiger charge is -2.16. The average Bonchev–Trinajstić information content (AvgIpc) is 2.89. The zero-order valence-corrected chi connectivity index (χ0v) is 15.2. The molecule has 3 amide bonds. The number of thioether (sulfide) groups is 1. The summed E-state index contributed by atoms with van der Waals surface area (Å²) in [6, 6.07) is 12.8. The highest BCUT2D eigenvalue weighted by Gasteiger charge is 2.40. The van der Waals surface area contributed by atoms with Gasteiger partial charge in [0.15, 0.2) is 0 Å². The highest BCUT2D eigenvalue weighted by Crippen LogP contribution is 2.35. The molecule has 0 bridgehead atoms. The quantitative estimate of drug-likeness (QED) is 0.768. The summed E-state index contributed by atoms with van der Waals surface area (Å²) in [6.07, 6.45) is -0.00903. The Labute approximate surface area is 159 Å². The largest absolute Gasteiger partial charge is 0.478 e. The summed E-state index contributed by atoms with van der Waals surface area (Å²) in [6.45, 7) is 1.39. The lowest BCUT2D eigenvalue weighted by atomic mass is 10.2. The first-order valence-electron chi connectivity index (χ1n) is 8.10. The van der Waals surface area contributed by atoms with Gasteiger partial charge in [0.2, 0.25) is 17.7 Å². The number of benzene rings is 2. The van der Waals surface area contributed by atoms with Gasteiger partial charge in [-0.15, -0.1) is 11.8 Å². The normalized spacial score (nSPS) is 16.5. The Morgan fingerprint density at radius 1 is 1.11 bits per heavy atom. The topological polar surface area (TPSA) is 104 Å². The van der Waals surface area contributed by atoms with E-state index < -0.39 is 17.1 Å². The van der Waals surface area contributed by atoms with Crippen molar-refractivity contribution < 1.29 is 24.3 Å². The molecule has 1 aliphatic rings. The molecule has 1 fully saturated rings. The molecule has 2 N–H and O–H groups in total. The molecule has 1 heterocycles. The van der Waals surface area contributed by atoms with Gasteiger partial charge in [-0.2, -0.15) is 0 Å². The Kier molecular flexibility index (Phi) is 5.27. The Hall–Kier alpha value is -3.13. The number of rotatable bonds is 5. The second-order valence-electron chi connectivity index (χ2n) is 5.91. The summed E-state index contributed by atoms with van der Waals surface area (Å²) >= 11 is 1.08. The molecule has 0 aliphatic carbocycles. The van der Waals surface area contributed by atoms with Crippen LogP contribution < -0.4 is 10.2 Å². The van der Waals surface area contributed by atoms with Gasteiger partial charge in [-0.05, 0) is 36.4 Å². The molecule has 138 valence electrons. The molecular weight excluding hydrogens is 368 g/mol. The van der Waals surface area contributed by atoms with Crippen molar-refractivity contribution in [2.75, 3.05) is 10.2 Å². The molecule has 2 aromatic carbocycles. The van der Waals surface area contributed by atoms with E-state index in [4.69, 9.17) is 0 Å². The number of nitrogens with one attached hydrogen (secondary N) is 1. The number of carbonyl (C=O) groups is 4. The molecule has 7 nitrogen and oxygen atoms in total. The number of amides is 3. The van der Waals surface area contributed by atoms with Crippen LogP contribution in [0.1, 0.15) is 23.7 Å². The molecule has 0 saturated carbocycles. The molecule has 27 heavy (non-hydrogen) atoms. The van der Waals surface area contributed by atoms with E-state index in [0.717, 1.165) is 16.7 Å². The maximum Gasteiger partial charge on any atom is 0.336 e. The number of hydrogen-bond donors (Lipinski definition) is 2. The smallest absolute Gasteiger partial charge is 0.336 e. The highest BCUT2D eigenvalue weighted by atomic mass is 32.2. The summed E-state index contributed by atoms with van der Waals surface area (Å²) in [5.74, 6) is -2.04. The van der Waals surface area contributed by atoms with Gasteiger partial charge in [0, 0.05) is 23.9 Å². The fourth-order valence-electron chi connectivity index (χ4n) is 2.76. The lowest BCUT2D eigenvalue weighted by Crippen LogP contribution is -2.31. The van der Waals surface area contributed by atoms with Crippen molar-refractivity contribution in [3.63, 3.8) is 0 Å². The number of carbonyl (C=O) groups excluding carboxylic acids is 3. The maximum atomic E-state index is 12.7. The molecule has 2 aromatic rings. The summed E-state index contributed by atoms with van der Waals surface area (Å²) in [5.41, 5.74) is 1.07. The number of carboxylic acid groups (broad SMARTS) is 1. The fraction of sp³-hybridized carbons (Fsp3) is 0.158. The van der Waals surface area contributed by atoms with Crippen LogP contribution in [0, 0.1) is 0 Å². The minimum absolute atomic E-state index is 0.00903. The third kappa shape index (κ3) is 4.01. The van der Waals surface area contributed by atoms with Crippen molar-refractivity contribution in [3.05, 3.63) is 54.1 Å². The van der Waals surface area contributed by atoms with E-state index in [1.54, 1.807) is 42.5 Å². The Bertz CT molecular complexity index is 926. The minimum atomic E-state index is -1.08. The van der Waals surface area contributed by atoms with Gasteiger partial charge in [-0.1, -0.05) is 12.1 Å². The molecule has 8 heteroatoms. The summed E-state index contributed by atoms with van der Waals surface area (Å²) in [7, 11) is 0. The first kappa shape index (κ1) is 18.7. The molecule has 3 rings (SSSR count).